The molecule has 1 aromatic carbocycles. The minimum absolute atomic E-state index is 0.0219. The highest BCUT2D eigenvalue weighted by Crippen LogP contribution is 2.26. The summed E-state index contributed by atoms with van der Waals surface area (Å²) < 4.78 is 5.70. The lowest BCUT2D eigenvalue weighted by molar-refractivity contribution is -0.385. The van der Waals surface area contributed by atoms with Gasteiger partial charge in [-0.15, -0.1) is 0 Å². The lowest BCUT2D eigenvalue weighted by Gasteiger charge is -2.06. The van der Waals surface area contributed by atoms with Gasteiger partial charge < -0.3 is 9.57 Å². The van der Waals surface area contributed by atoms with Gasteiger partial charge in [-0.05, 0) is 6.07 Å². The molecular formula is C9H10BrN3O5. The fourth-order valence-corrected chi connectivity index (χ4v) is 1.57. The maximum absolute atomic E-state index is 10.9. The number of carbonyl (C=O) groups excluding carboxylic acids is 1. The van der Waals surface area contributed by atoms with Crippen molar-refractivity contribution in [3.05, 3.63) is 32.8 Å². The summed E-state index contributed by atoms with van der Waals surface area (Å²) in [6.07, 6.45) is -0.0372. The summed E-state index contributed by atoms with van der Waals surface area (Å²) in [5.41, 5.74) is 1.64. The van der Waals surface area contributed by atoms with Gasteiger partial charge in [-0.25, -0.2) is 5.84 Å². The third-order valence-electron chi connectivity index (χ3n) is 1.81. The van der Waals surface area contributed by atoms with Crippen molar-refractivity contribution in [2.75, 3.05) is 6.61 Å². The van der Waals surface area contributed by atoms with E-state index in [9.17, 15) is 14.9 Å². The number of hydrazine groups is 1. The van der Waals surface area contributed by atoms with Crippen LogP contribution in [-0.4, -0.2) is 17.5 Å². The first kappa shape index (κ1) is 14.4. The Morgan fingerprint density at radius 2 is 2.22 bits per heavy atom. The highest BCUT2D eigenvalue weighted by Gasteiger charge is 2.10. The van der Waals surface area contributed by atoms with Crippen molar-refractivity contribution in [3.8, 4) is 5.75 Å². The number of halogens is 1. The van der Waals surface area contributed by atoms with Crippen molar-refractivity contribution in [1.82, 2.24) is 5.59 Å². The van der Waals surface area contributed by atoms with E-state index in [1.807, 2.05) is 0 Å². The molecule has 8 nitrogen and oxygen atoms in total. The molecule has 0 fully saturated rings. The van der Waals surface area contributed by atoms with Gasteiger partial charge in [-0.2, -0.15) is 0 Å². The average Bonchev–Trinajstić information content (AvgIpc) is 2.28. The molecule has 0 aliphatic rings. The van der Waals surface area contributed by atoms with Gasteiger partial charge in [0.05, 0.1) is 24.0 Å². The zero-order valence-corrected chi connectivity index (χ0v) is 10.7. The fourth-order valence-electron chi connectivity index (χ4n) is 1.11. The molecule has 0 aromatic heterocycles. The van der Waals surface area contributed by atoms with Crippen LogP contribution < -0.4 is 16.2 Å². The Labute approximate surface area is 110 Å². The van der Waals surface area contributed by atoms with E-state index in [4.69, 9.17) is 10.6 Å². The molecule has 0 bridgehead atoms. The number of rotatable bonds is 6. The standard InChI is InChI=1S/C9H10BrN3O5/c10-6-3-7(13(15)16)5-8(4-6)17-2-1-9(14)18-12-11/h3-5,12H,1-2,11H2. The molecule has 0 radical (unpaired) electrons. The highest BCUT2D eigenvalue weighted by molar-refractivity contribution is 9.10. The van der Waals surface area contributed by atoms with E-state index < -0.39 is 10.9 Å². The number of carbonyl (C=O) groups is 1. The Bertz CT molecular complexity index is 454. The molecule has 0 unspecified atom stereocenters. The van der Waals surface area contributed by atoms with E-state index in [0.29, 0.717) is 4.47 Å². The lowest BCUT2D eigenvalue weighted by atomic mass is 10.3. The quantitative estimate of drug-likeness (QED) is 0.457. The molecule has 0 spiro atoms. The maximum atomic E-state index is 10.9. The second-order valence-electron chi connectivity index (χ2n) is 3.09. The third-order valence-corrected chi connectivity index (χ3v) is 2.27. The maximum Gasteiger partial charge on any atom is 0.329 e. The topological polar surface area (TPSA) is 117 Å². The number of hydrogen-bond donors (Lipinski definition) is 2. The molecule has 0 aliphatic carbocycles. The van der Waals surface area contributed by atoms with Crippen LogP contribution in [0.4, 0.5) is 5.69 Å². The highest BCUT2D eigenvalue weighted by atomic mass is 79.9. The Morgan fingerprint density at radius 1 is 1.50 bits per heavy atom. The predicted octanol–water partition coefficient (Wildman–Crippen LogP) is 1.05. The van der Waals surface area contributed by atoms with Crippen LogP contribution in [0.2, 0.25) is 0 Å². The van der Waals surface area contributed by atoms with Gasteiger partial charge in [-0.3, -0.25) is 14.9 Å². The molecule has 0 saturated carbocycles. The van der Waals surface area contributed by atoms with Crippen molar-refractivity contribution in [2.45, 2.75) is 6.42 Å². The number of ether oxygens (including phenoxy) is 1. The number of nitrogens with two attached hydrogens (primary N) is 1. The summed E-state index contributed by atoms with van der Waals surface area (Å²) in [6.45, 7) is 0.0219. The zero-order chi connectivity index (χ0) is 13.5. The first-order valence-corrected chi connectivity index (χ1v) is 5.55. The summed E-state index contributed by atoms with van der Waals surface area (Å²) in [5, 5.41) is 10.6. The summed E-state index contributed by atoms with van der Waals surface area (Å²) >= 11 is 3.12. The summed E-state index contributed by atoms with van der Waals surface area (Å²) in [4.78, 5) is 25.2. The third kappa shape index (κ3) is 4.65. The molecule has 0 amide bonds. The van der Waals surface area contributed by atoms with Crippen LogP contribution in [-0.2, 0) is 9.63 Å². The molecule has 1 aromatic rings. The number of hydrogen-bond acceptors (Lipinski definition) is 7. The second-order valence-corrected chi connectivity index (χ2v) is 4.01. The van der Waals surface area contributed by atoms with E-state index in [1.54, 1.807) is 11.7 Å². The minimum atomic E-state index is -0.595. The van der Waals surface area contributed by atoms with E-state index >= 15 is 0 Å². The van der Waals surface area contributed by atoms with Gasteiger partial charge in [0.25, 0.3) is 5.69 Å². The summed E-state index contributed by atoms with van der Waals surface area (Å²) in [6, 6.07) is 4.16. The van der Waals surface area contributed by atoms with Gasteiger partial charge in [0.2, 0.25) is 0 Å². The van der Waals surface area contributed by atoms with E-state index in [-0.39, 0.29) is 24.5 Å². The van der Waals surface area contributed by atoms with Crippen LogP contribution in [0, 0.1) is 10.1 Å². The zero-order valence-electron chi connectivity index (χ0n) is 9.09. The Kier molecular flexibility index (Phi) is 5.49. The lowest BCUT2D eigenvalue weighted by Crippen LogP contribution is -2.26. The second kappa shape index (κ2) is 6.89. The van der Waals surface area contributed by atoms with Crippen molar-refractivity contribution < 1.29 is 19.3 Å². The molecule has 18 heavy (non-hydrogen) atoms. The number of non-ortho nitro benzene ring substituents is 1. The molecule has 9 heteroatoms. The molecule has 98 valence electrons. The van der Waals surface area contributed by atoms with Crippen molar-refractivity contribution in [2.24, 2.45) is 5.84 Å². The normalized spacial score (nSPS) is 9.89. The Balaban J connectivity index is 2.57. The van der Waals surface area contributed by atoms with Crippen LogP contribution in [0.1, 0.15) is 6.42 Å². The molecule has 1 rings (SSSR count). The van der Waals surface area contributed by atoms with Crippen LogP contribution >= 0.6 is 15.9 Å². The monoisotopic (exact) mass is 319 g/mol. The van der Waals surface area contributed by atoms with E-state index in [1.165, 1.54) is 12.1 Å². The van der Waals surface area contributed by atoms with Gasteiger partial charge in [-0.1, -0.05) is 21.5 Å². The SMILES string of the molecule is NNOC(=O)CCOc1cc(Br)cc([N+](=O)[O-])c1. The molecule has 0 aliphatic heterocycles. The van der Waals surface area contributed by atoms with Crippen molar-refractivity contribution in [1.29, 1.82) is 0 Å². The molecule has 0 heterocycles. The largest absolute Gasteiger partial charge is 0.493 e. The van der Waals surface area contributed by atoms with Crippen molar-refractivity contribution in [3.63, 3.8) is 0 Å². The minimum Gasteiger partial charge on any atom is -0.493 e. The summed E-state index contributed by atoms with van der Waals surface area (Å²) in [7, 11) is 0. The van der Waals surface area contributed by atoms with Crippen LogP contribution in [0.25, 0.3) is 0 Å². The average molecular weight is 320 g/mol. The van der Waals surface area contributed by atoms with Crippen molar-refractivity contribution >= 4 is 27.6 Å². The number of nitro benzene ring substituents is 1. The molecular weight excluding hydrogens is 310 g/mol. The first-order valence-electron chi connectivity index (χ1n) is 4.76. The number of nitrogens with zero attached hydrogens (tertiary/aromatic N) is 1. The van der Waals surface area contributed by atoms with Gasteiger partial charge >= 0.3 is 5.97 Å². The molecule has 0 atom stereocenters. The predicted molar refractivity (Wildman–Crippen MR) is 64.3 cm³/mol. The molecule has 0 saturated heterocycles. The molecule has 3 N–H and O–H groups in total. The van der Waals surface area contributed by atoms with Gasteiger partial charge in [0, 0.05) is 10.5 Å². The van der Waals surface area contributed by atoms with Crippen LogP contribution in [0.5, 0.6) is 5.75 Å². The van der Waals surface area contributed by atoms with E-state index in [2.05, 4.69) is 20.8 Å². The number of nitrogens with one attached hydrogen (secondary N) is 1. The summed E-state index contributed by atoms with van der Waals surface area (Å²) in [5.74, 6) is 4.46. The first-order chi connectivity index (χ1) is 8.52. The van der Waals surface area contributed by atoms with Crippen LogP contribution in [0.15, 0.2) is 22.7 Å². The number of nitro groups is 1. The van der Waals surface area contributed by atoms with E-state index in [0.717, 1.165) is 0 Å². The Morgan fingerprint density at radius 3 is 2.83 bits per heavy atom. The fraction of sp³-hybridized carbons (Fsp3) is 0.222. The van der Waals surface area contributed by atoms with Gasteiger partial charge in [0.15, 0.2) is 0 Å². The van der Waals surface area contributed by atoms with Crippen LogP contribution in [0.3, 0.4) is 0 Å². The smallest absolute Gasteiger partial charge is 0.329 e. The Hall–Kier alpha value is -1.71. The number of benzene rings is 1. The van der Waals surface area contributed by atoms with Gasteiger partial charge in [0.1, 0.15) is 5.75 Å².